The van der Waals surface area contributed by atoms with Gasteiger partial charge < -0.3 is 5.32 Å². The smallest absolute Gasteiger partial charge is 0.227 e. The molecule has 1 N–H and O–H groups in total. The molecule has 4 rings (SSSR count). The van der Waals surface area contributed by atoms with Crippen LogP contribution in [-0.2, 0) is 17.8 Å². The van der Waals surface area contributed by atoms with Gasteiger partial charge in [-0.3, -0.25) is 4.79 Å². The largest absolute Gasteiger partial charge is 0.351 e. The van der Waals surface area contributed by atoms with Crippen LogP contribution < -0.4 is 5.32 Å². The summed E-state index contributed by atoms with van der Waals surface area (Å²) in [5.41, 5.74) is 5.34. The number of fused-ring (bicyclic) bond motifs is 2. The van der Waals surface area contributed by atoms with Crippen molar-refractivity contribution < 1.29 is 4.79 Å². The van der Waals surface area contributed by atoms with E-state index in [-0.39, 0.29) is 11.8 Å². The normalized spacial score (nSPS) is 16.6. The molecule has 3 aromatic rings. The highest BCUT2D eigenvalue weighted by Crippen LogP contribution is 2.32. The number of aromatic nitrogens is 2. The Morgan fingerprint density at radius 2 is 2.05 bits per heavy atom. The van der Waals surface area contributed by atoms with Gasteiger partial charge in [0.05, 0.1) is 17.6 Å². The molecular formula is C17H15N3OS. The third-order valence-electron chi connectivity index (χ3n) is 4.23. The van der Waals surface area contributed by atoms with Gasteiger partial charge in [0.2, 0.25) is 5.91 Å². The zero-order chi connectivity index (χ0) is 14.9. The molecule has 0 unspecified atom stereocenters. The minimum Gasteiger partial charge on any atom is -0.351 e. The summed E-state index contributed by atoms with van der Waals surface area (Å²) >= 11 is 1.21. The number of aryl methyl sites for hydroxylation is 1. The van der Waals surface area contributed by atoms with Crippen molar-refractivity contribution in [3.8, 4) is 0 Å². The quantitative estimate of drug-likeness (QED) is 0.809. The van der Waals surface area contributed by atoms with Crippen molar-refractivity contribution in [2.45, 2.75) is 25.3 Å². The molecule has 0 saturated carbocycles. The predicted octanol–water partition coefficient (Wildman–Crippen LogP) is 3.04. The second kappa shape index (κ2) is 5.50. The first-order chi connectivity index (χ1) is 10.8. The van der Waals surface area contributed by atoms with Gasteiger partial charge in [-0.25, -0.2) is 0 Å². The van der Waals surface area contributed by atoms with E-state index >= 15 is 0 Å². The van der Waals surface area contributed by atoms with E-state index < -0.39 is 0 Å². The molecule has 0 saturated heterocycles. The summed E-state index contributed by atoms with van der Waals surface area (Å²) in [5.74, 6) is 0.0994. The molecule has 1 atom stereocenters. The molecule has 5 heteroatoms. The second-order valence-electron chi connectivity index (χ2n) is 5.60. The van der Waals surface area contributed by atoms with Crippen LogP contribution in [0.25, 0.3) is 11.0 Å². The van der Waals surface area contributed by atoms with Crippen LogP contribution in [0.1, 0.15) is 29.0 Å². The summed E-state index contributed by atoms with van der Waals surface area (Å²) in [6, 6.07) is 14.2. The number of benzene rings is 2. The number of nitrogens with one attached hydrogen (secondary N) is 1. The summed E-state index contributed by atoms with van der Waals surface area (Å²) in [6.07, 6.45) is 1.89. The number of hydrogen-bond donors (Lipinski definition) is 1. The van der Waals surface area contributed by atoms with Gasteiger partial charge in [0.1, 0.15) is 11.0 Å². The Bertz CT molecular complexity index is 843. The van der Waals surface area contributed by atoms with Gasteiger partial charge in [-0.15, -0.1) is 0 Å². The monoisotopic (exact) mass is 309 g/mol. The van der Waals surface area contributed by atoms with Crippen LogP contribution in [0.15, 0.2) is 42.5 Å². The fourth-order valence-electron chi connectivity index (χ4n) is 3.08. The molecule has 0 radical (unpaired) electrons. The third kappa shape index (κ3) is 2.37. The highest BCUT2D eigenvalue weighted by Gasteiger charge is 2.27. The van der Waals surface area contributed by atoms with Crippen LogP contribution in [0, 0.1) is 0 Å². The summed E-state index contributed by atoms with van der Waals surface area (Å²) in [4.78, 5) is 12.5. The van der Waals surface area contributed by atoms with Gasteiger partial charge in [-0.05, 0) is 41.7 Å². The first-order valence-corrected chi connectivity index (χ1v) is 8.11. The van der Waals surface area contributed by atoms with E-state index in [1.165, 1.54) is 22.9 Å². The lowest BCUT2D eigenvalue weighted by atomic mass is 10.0. The first-order valence-electron chi connectivity index (χ1n) is 7.38. The molecule has 0 fully saturated rings. The van der Waals surface area contributed by atoms with Gasteiger partial charge in [0, 0.05) is 6.54 Å². The molecule has 0 aliphatic heterocycles. The van der Waals surface area contributed by atoms with Crippen LogP contribution in [0.4, 0.5) is 0 Å². The zero-order valence-electron chi connectivity index (χ0n) is 12.0. The van der Waals surface area contributed by atoms with Crippen LogP contribution in [0.3, 0.4) is 0 Å². The zero-order valence-corrected chi connectivity index (χ0v) is 12.8. The van der Waals surface area contributed by atoms with Crippen molar-refractivity contribution in [1.29, 1.82) is 0 Å². The van der Waals surface area contributed by atoms with Crippen molar-refractivity contribution >= 4 is 28.7 Å². The van der Waals surface area contributed by atoms with E-state index in [1.54, 1.807) is 0 Å². The van der Waals surface area contributed by atoms with Crippen molar-refractivity contribution in [2.75, 3.05) is 0 Å². The fraction of sp³-hybridized carbons (Fsp3) is 0.235. The molecular weight excluding hydrogens is 294 g/mol. The highest BCUT2D eigenvalue weighted by atomic mass is 32.1. The number of nitrogens with zero attached hydrogens (tertiary/aromatic N) is 2. The Labute approximate surface area is 132 Å². The molecule has 1 aliphatic rings. The number of carbonyl (C=O) groups is 1. The maximum Gasteiger partial charge on any atom is 0.227 e. The van der Waals surface area contributed by atoms with E-state index in [4.69, 9.17) is 0 Å². The lowest BCUT2D eigenvalue weighted by molar-refractivity contribution is -0.122. The molecule has 22 heavy (non-hydrogen) atoms. The van der Waals surface area contributed by atoms with E-state index in [2.05, 4.69) is 26.2 Å². The first kappa shape index (κ1) is 13.4. The van der Waals surface area contributed by atoms with Crippen LogP contribution in [0.2, 0.25) is 0 Å². The maximum atomic E-state index is 12.5. The average Bonchev–Trinajstić information content (AvgIpc) is 3.18. The molecule has 110 valence electrons. The average molecular weight is 309 g/mol. The van der Waals surface area contributed by atoms with Gasteiger partial charge in [-0.1, -0.05) is 30.3 Å². The van der Waals surface area contributed by atoms with Crippen LogP contribution >= 0.6 is 11.7 Å². The number of amides is 1. The fourth-order valence-corrected chi connectivity index (χ4v) is 3.60. The number of hydrogen-bond acceptors (Lipinski definition) is 4. The summed E-state index contributed by atoms with van der Waals surface area (Å²) in [5, 5.41) is 3.05. The molecule has 2 aromatic carbocycles. The Kier molecular flexibility index (Phi) is 3.35. The Morgan fingerprint density at radius 3 is 3.00 bits per heavy atom. The van der Waals surface area contributed by atoms with Crippen LogP contribution in [-0.4, -0.2) is 14.7 Å². The van der Waals surface area contributed by atoms with Crippen molar-refractivity contribution in [3.63, 3.8) is 0 Å². The van der Waals surface area contributed by atoms with Crippen molar-refractivity contribution in [3.05, 3.63) is 59.2 Å². The summed E-state index contributed by atoms with van der Waals surface area (Å²) in [6.45, 7) is 0.533. The highest BCUT2D eigenvalue weighted by molar-refractivity contribution is 7.00. The minimum absolute atomic E-state index is 0.0131. The molecule has 1 aromatic heterocycles. The van der Waals surface area contributed by atoms with Gasteiger partial charge in [0.15, 0.2) is 0 Å². The van der Waals surface area contributed by atoms with Gasteiger partial charge >= 0.3 is 0 Å². The molecule has 0 bridgehead atoms. The standard InChI is InChI=1S/C17H15N3OS/c21-17(14-7-6-12-3-1-2-4-13(12)14)18-10-11-5-8-15-16(9-11)20-22-19-15/h1-5,8-9,14H,6-7,10H2,(H,18,21)/t14-/m1/s1. The third-order valence-corrected chi connectivity index (χ3v) is 4.79. The molecule has 0 spiro atoms. The number of rotatable bonds is 3. The van der Waals surface area contributed by atoms with E-state index in [0.29, 0.717) is 6.54 Å². The minimum atomic E-state index is -0.0131. The second-order valence-corrected chi connectivity index (χ2v) is 6.12. The molecule has 4 nitrogen and oxygen atoms in total. The Balaban J connectivity index is 1.46. The lowest BCUT2D eigenvalue weighted by Crippen LogP contribution is -2.27. The lowest BCUT2D eigenvalue weighted by Gasteiger charge is -2.12. The van der Waals surface area contributed by atoms with Gasteiger partial charge in [-0.2, -0.15) is 8.75 Å². The number of carbonyl (C=O) groups excluding carboxylic acids is 1. The predicted molar refractivity (Wildman–Crippen MR) is 86.8 cm³/mol. The van der Waals surface area contributed by atoms with Crippen LogP contribution in [0.5, 0.6) is 0 Å². The van der Waals surface area contributed by atoms with Crippen molar-refractivity contribution in [2.24, 2.45) is 0 Å². The van der Waals surface area contributed by atoms with Gasteiger partial charge in [0.25, 0.3) is 0 Å². The Morgan fingerprint density at radius 1 is 1.18 bits per heavy atom. The summed E-state index contributed by atoms with van der Waals surface area (Å²) < 4.78 is 8.42. The maximum absolute atomic E-state index is 12.5. The van der Waals surface area contributed by atoms with E-state index in [1.807, 2.05) is 30.3 Å². The SMILES string of the molecule is O=C(NCc1ccc2nsnc2c1)[C@@H]1CCc2ccccc21. The Hall–Kier alpha value is -2.27. The topological polar surface area (TPSA) is 54.9 Å². The van der Waals surface area contributed by atoms with Crippen molar-refractivity contribution in [1.82, 2.24) is 14.1 Å². The molecule has 1 aliphatic carbocycles. The molecule has 1 amide bonds. The van der Waals surface area contributed by atoms with E-state index in [9.17, 15) is 4.79 Å². The molecule has 1 heterocycles. The summed E-state index contributed by atoms with van der Waals surface area (Å²) in [7, 11) is 0. The van der Waals surface area contributed by atoms with E-state index in [0.717, 1.165) is 29.4 Å².